The van der Waals surface area contributed by atoms with E-state index in [0.29, 0.717) is 5.41 Å². The van der Waals surface area contributed by atoms with Gasteiger partial charge in [-0.2, -0.15) is 0 Å². The highest BCUT2D eigenvalue weighted by molar-refractivity contribution is 7.59. The number of hydrogen-bond acceptors (Lipinski definition) is 3. The number of rotatable bonds is 0. The van der Waals surface area contributed by atoms with Crippen LogP contribution >= 0.6 is 0 Å². The van der Waals surface area contributed by atoms with Crippen LogP contribution in [0.4, 0.5) is 0 Å². The first-order valence-corrected chi connectivity index (χ1v) is 5.16. The summed E-state index contributed by atoms with van der Waals surface area (Å²) in [6.45, 7) is 6.67. The van der Waals surface area contributed by atoms with Gasteiger partial charge in [-0.3, -0.25) is 0 Å². The van der Waals surface area contributed by atoms with Crippen LogP contribution in [0.25, 0.3) is 0 Å². The van der Waals surface area contributed by atoms with Crippen molar-refractivity contribution in [2.45, 2.75) is 26.2 Å². The summed E-state index contributed by atoms with van der Waals surface area (Å²) in [4.78, 5) is 0. The Labute approximate surface area is 85.8 Å². The standard InChI is InChI=1S/C10H14.O3S/c1-10(2,3)9-7-5-4-6-8-9;1-4(2)3/h4-8H,1-3H3;. The highest BCUT2D eigenvalue weighted by atomic mass is 32.2. The fourth-order valence-corrected chi connectivity index (χ4v) is 0.938. The smallest absolute Gasteiger partial charge is 0.142 e. The zero-order chi connectivity index (χ0) is 11.2. The molecule has 1 aromatic carbocycles. The Morgan fingerprint density at radius 3 is 1.50 bits per heavy atom. The van der Waals surface area contributed by atoms with E-state index in [-0.39, 0.29) is 0 Å². The molecule has 4 heteroatoms. The molecule has 78 valence electrons. The van der Waals surface area contributed by atoms with E-state index < -0.39 is 10.6 Å². The lowest BCUT2D eigenvalue weighted by molar-refractivity contribution is 0.559. The van der Waals surface area contributed by atoms with Crippen molar-refractivity contribution in [3.8, 4) is 0 Å². The summed E-state index contributed by atoms with van der Waals surface area (Å²) in [6, 6.07) is 10.6. The van der Waals surface area contributed by atoms with Crippen LogP contribution in [0.2, 0.25) is 0 Å². The van der Waals surface area contributed by atoms with Gasteiger partial charge in [-0.25, -0.2) is 0 Å². The van der Waals surface area contributed by atoms with Crippen LogP contribution in [0, 0.1) is 0 Å². The van der Waals surface area contributed by atoms with Gasteiger partial charge in [0.2, 0.25) is 0 Å². The molecule has 0 atom stereocenters. The second-order valence-corrected chi connectivity index (χ2v) is 4.23. The van der Waals surface area contributed by atoms with Gasteiger partial charge < -0.3 is 0 Å². The zero-order valence-electron chi connectivity index (χ0n) is 8.52. The average molecular weight is 214 g/mol. The molecule has 0 N–H and O–H groups in total. The second kappa shape index (κ2) is 5.54. The van der Waals surface area contributed by atoms with Gasteiger partial charge in [-0.15, -0.1) is 12.6 Å². The van der Waals surface area contributed by atoms with Crippen molar-refractivity contribution in [2.75, 3.05) is 0 Å². The van der Waals surface area contributed by atoms with Crippen LogP contribution in [0.1, 0.15) is 26.3 Å². The maximum atomic E-state index is 8.44. The second-order valence-electron chi connectivity index (χ2n) is 3.82. The Morgan fingerprint density at radius 2 is 1.29 bits per heavy atom. The Balaban J connectivity index is 0.000000364. The van der Waals surface area contributed by atoms with Crippen LogP contribution < -0.4 is 0 Å². The zero-order valence-corrected chi connectivity index (χ0v) is 9.34. The Bertz CT molecular complexity index is 352. The molecule has 0 fully saturated rings. The Morgan fingerprint density at radius 1 is 0.929 bits per heavy atom. The number of benzene rings is 1. The highest BCUT2D eigenvalue weighted by Gasteiger charge is 2.11. The summed E-state index contributed by atoms with van der Waals surface area (Å²) < 4.78 is 25.3. The first-order chi connectivity index (χ1) is 6.34. The van der Waals surface area contributed by atoms with E-state index in [1.165, 1.54) is 5.56 Å². The van der Waals surface area contributed by atoms with Crippen molar-refractivity contribution in [1.29, 1.82) is 0 Å². The molecule has 0 aliphatic heterocycles. The summed E-state index contributed by atoms with van der Waals surface area (Å²) in [5.41, 5.74) is 1.69. The van der Waals surface area contributed by atoms with Crippen LogP contribution in [0.15, 0.2) is 30.3 Å². The van der Waals surface area contributed by atoms with E-state index in [1.54, 1.807) is 0 Å². The molecule has 0 bridgehead atoms. The summed E-state index contributed by atoms with van der Waals surface area (Å²) in [7, 11) is -3.11. The monoisotopic (exact) mass is 214 g/mol. The predicted molar refractivity (Wildman–Crippen MR) is 54.8 cm³/mol. The molecule has 0 aliphatic carbocycles. The van der Waals surface area contributed by atoms with E-state index >= 15 is 0 Å². The molecular formula is C10H14O3S. The van der Waals surface area contributed by atoms with Gasteiger partial charge in [-0.1, -0.05) is 51.1 Å². The molecule has 0 aromatic heterocycles. The van der Waals surface area contributed by atoms with Gasteiger partial charge in [0.25, 0.3) is 0 Å². The van der Waals surface area contributed by atoms with Crippen LogP contribution in [-0.2, 0) is 16.0 Å². The van der Waals surface area contributed by atoms with Crippen LogP contribution in [-0.4, -0.2) is 12.6 Å². The first-order valence-electron chi connectivity index (χ1n) is 4.16. The summed E-state index contributed by atoms with van der Waals surface area (Å²) in [6.07, 6.45) is 0. The van der Waals surface area contributed by atoms with Crippen molar-refractivity contribution in [3.05, 3.63) is 35.9 Å². The molecule has 0 spiro atoms. The van der Waals surface area contributed by atoms with Crippen molar-refractivity contribution in [2.24, 2.45) is 0 Å². The first kappa shape index (κ1) is 12.8. The SMILES string of the molecule is CC(C)(C)c1ccccc1.O=S(=O)=O. The largest absolute Gasteiger partial charge is 0.425 e. The molecule has 0 saturated heterocycles. The number of hydrogen-bond donors (Lipinski definition) is 0. The van der Waals surface area contributed by atoms with Crippen molar-refractivity contribution in [3.63, 3.8) is 0 Å². The minimum absolute atomic E-state index is 0.293. The normalized spacial score (nSPS) is 9.93. The van der Waals surface area contributed by atoms with Crippen molar-refractivity contribution >= 4 is 10.6 Å². The molecule has 0 saturated carbocycles. The fourth-order valence-electron chi connectivity index (χ4n) is 0.938. The quantitative estimate of drug-likeness (QED) is 0.663. The van der Waals surface area contributed by atoms with E-state index in [1.807, 2.05) is 0 Å². The van der Waals surface area contributed by atoms with E-state index in [0.717, 1.165) is 0 Å². The lowest BCUT2D eigenvalue weighted by Gasteiger charge is -2.18. The van der Waals surface area contributed by atoms with Crippen LogP contribution in [0.5, 0.6) is 0 Å². The van der Waals surface area contributed by atoms with Crippen LogP contribution in [0.3, 0.4) is 0 Å². The van der Waals surface area contributed by atoms with Gasteiger partial charge in [0.1, 0.15) is 0 Å². The third-order valence-electron chi connectivity index (χ3n) is 1.64. The van der Waals surface area contributed by atoms with Gasteiger partial charge in [0, 0.05) is 0 Å². The molecule has 0 unspecified atom stereocenters. The summed E-state index contributed by atoms with van der Waals surface area (Å²) >= 11 is 0. The van der Waals surface area contributed by atoms with E-state index in [2.05, 4.69) is 51.1 Å². The molecule has 0 aliphatic rings. The van der Waals surface area contributed by atoms with E-state index in [4.69, 9.17) is 12.6 Å². The maximum Gasteiger partial charge on any atom is 0.425 e. The summed E-state index contributed by atoms with van der Waals surface area (Å²) in [5.74, 6) is 0. The third-order valence-corrected chi connectivity index (χ3v) is 1.64. The predicted octanol–water partition coefficient (Wildman–Crippen LogP) is 1.98. The van der Waals surface area contributed by atoms with Gasteiger partial charge in [-0.05, 0) is 11.0 Å². The molecule has 0 amide bonds. The van der Waals surface area contributed by atoms with Crippen molar-refractivity contribution < 1.29 is 12.6 Å². The molecular weight excluding hydrogens is 200 g/mol. The Hall–Kier alpha value is -1.16. The summed E-state index contributed by atoms with van der Waals surface area (Å²) in [5, 5.41) is 0. The topological polar surface area (TPSA) is 51.2 Å². The minimum atomic E-state index is -3.11. The van der Waals surface area contributed by atoms with Crippen molar-refractivity contribution in [1.82, 2.24) is 0 Å². The molecule has 0 radical (unpaired) electrons. The Kier molecular flexibility index (Phi) is 5.09. The molecule has 1 rings (SSSR count). The van der Waals surface area contributed by atoms with Gasteiger partial charge >= 0.3 is 10.6 Å². The average Bonchev–Trinajstić information content (AvgIpc) is 2.03. The van der Waals surface area contributed by atoms with E-state index in [9.17, 15) is 0 Å². The fraction of sp³-hybridized carbons (Fsp3) is 0.400. The molecule has 1 aromatic rings. The highest BCUT2D eigenvalue weighted by Crippen LogP contribution is 2.20. The lowest BCUT2D eigenvalue weighted by Crippen LogP contribution is -2.10. The van der Waals surface area contributed by atoms with Gasteiger partial charge in [0.15, 0.2) is 0 Å². The third kappa shape index (κ3) is 6.37. The lowest BCUT2D eigenvalue weighted by atomic mass is 9.87. The maximum absolute atomic E-state index is 8.44. The van der Waals surface area contributed by atoms with Gasteiger partial charge in [0.05, 0.1) is 0 Å². The molecule has 3 nitrogen and oxygen atoms in total. The minimum Gasteiger partial charge on any atom is -0.142 e. The molecule has 14 heavy (non-hydrogen) atoms. The molecule has 0 heterocycles.